The lowest BCUT2D eigenvalue weighted by Crippen LogP contribution is -2.58. The summed E-state index contributed by atoms with van der Waals surface area (Å²) in [5, 5.41) is 48.1. The van der Waals surface area contributed by atoms with Gasteiger partial charge in [-0.25, -0.2) is 0 Å². The Labute approximate surface area is 190 Å². The quantitative estimate of drug-likeness (QED) is 0.143. The summed E-state index contributed by atoms with van der Waals surface area (Å²) in [5.74, 6) is -0.471. The van der Waals surface area contributed by atoms with Crippen molar-refractivity contribution in [3.05, 3.63) is 42.2 Å². The minimum Gasteiger partial charge on any atom is -0.498 e. The Hall–Kier alpha value is -2.54. The van der Waals surface area contributed by atoms with Crippen LogP contribution in [0.15, 0.2) is 36.6 Å². The molecule has 1 aromatic carbocycles. The predicted octanol–water partition coefficient (Wildman–Crippen LogP) is -1.04. The summed E-state index contributed by atoms with van der Waals surface area (Å²) in [6.07, 6.45) is -6.81. The molecule has 0 radical (unpaired) electrons. The lowest BCUT2D eigenvalue weighted by atomic mass is 9.99. The van der Waals surface area contributed by atoms with Gasteiger partial charge in [0.2, 0.25) is 0 Å². The maximum absolute atomic E-state index is 11.8. The van der Waals surface area contributed by atoms with E-state index in [1.807, 2.05) is 19.1 Å². The Morgan fingerprint density at radius 3 is 2.52 bits per heavy atom. The van der Waals surface area contributed by atoms with Crippen LogP contribution in [0.5, 0.6) is 5.75 Å². The lowest BCUT2D eigenvalue weighted by Gasteiger charge is -2.37. The molecule has 11 nitrogen and oxygen atoms in total. The van der Waals surface area contributed by atoms with E-state index < -0.39 is 48.6 Å². The van der Waals surface area contributed by atoms with Gasteiger partial charge in [-0.3, -0.25) is 9.59 Å². The molecule has 1 aliphatic rings. The molecule has 1 aromatic rings. The highest BCUT2D eigenvalue weighted by molar-refractivity contribution is 5.91. The molecule has 2 rings (SSSR count). The highest BCUT2D eigenvalue weighted by atomic mass is 16.6. The molecule has 0 aliphatic carbocycles. The number of allylic oxidation sites excluding steroid dienone is 1. The van der Waals surface area contributed by atoms with Crippen molar-refractivity contribution in [2.24, 2.45) is 0 Å². The average Bonchev–Trinajstić information content (AvgIpc) is 2.80. The molecule has 1 aliphatic heterocycles. The first-order chi connectivity index (χ1) is 15.7. The summed E-state index contributed by atoms with van der Waals surface area (Å²) in [6.45, 7) is 1.25. The van der Waals surface area contributed by atoms with Crippen molar-refractivity contribution < 1.29 is 54.1 Å². The van der Waals surface area contributed by atoms with E-state index in [4.69, 9.17) is 18.9 Å². The fourth-order valence-corrected chi connectivity index (χ4v) is 2.87. The van der Waals surface area contributed by atoms with E-state index in [1.54, 1.807) is 12.1 Å². The second-order valence-corrected chi connectivity index (χ2v) is 7.55. The zero-order chi connectivity index (χ0) is 24.4. The van der Waals surface area contributed by atoms with Gasteiger partial charge in [0.05, 0.1) is 12.7 Å². The van der Waals surface area contributed by atoms with Gasteiger partial charge >= 0.3 is 5.97 Å². The first-order valence-corrected chi connectivity index (χ1v) is 10.4. The van der Waals surface area contributed by atoms with E-state index in [9.17, 15) is 35.1 Å². The third-order valence-electron chi connectivity index (χ3n) is 4.83. The first-order valence-electron chi connectivity index (χ1n) is 10.4. The number of para-hydroxylation sites is 1. The largest absolute Gasteiger partial charge is 0.498 e. The molecule has 33 heavy (non-hydrogen) atoms. The Kier molecular flexibility index (Phi) is 10.7. The number of aryl methyl sites for hydroxylation is 1. The summed E-state index contributed by atoms with van der Waals surface area (Å²) in [7, 11) is 0. The average molecular weight is 470 g/mol. The molecule has 1 fully saturated rings. The fourth-order valence-electron chi connectivity index (χ4n) is 2.87. The summed E-state index contributed by atoms with van der Waals surface area (Å²) in [5.41, 5.74) is 0.911. The van der Waals surface area contributed by atoms with Gasteiger partial charge in [-0.05, 0) is 18.6 Å². The van der Waals surface area contributed by atoms with Crippen molar-refractivity contribution in [2.75, 3.05) is 19.8 Å². The molecule has 0 saturated carbocycles. The van der Waals surface area contributed by atoms with Crippen LogP contribution in [0.3, 0.4) is 0 Å². The van der Waals surface area contributed by atoms with Crippen LogP contribution in [-0.2, 0) is 23.8 Å². The molecular formula is C22H30O11. The summed E-state index contributed by atoms with van der Waals surface area (Å²) in [4.78, 5) is 23.5. The van der Waals surface area contributed by atoms with E-state index in [0.29, 0.717) is 5.75 Å². The number of esters is 1. The fraction of sp³-hybridized carbons (Fsp3) is 0.545. The van der Waals surface area contributed by atoms with E-state index in [2.05, 4.69) is 0 Å². The smallest absolute Gasteiger partial charge is 0.306 e. The molecule has 5 N–H and O–H groups in total. The molecule has 11 heteroatoms. The molecule has 1 saturated heterocycles. The van der Waals surface area contributed by atoms with Gasteiger partial charge in [0, 0.05) is 12.5 Å². The number of hydrogen-bond donors (Lipinski definition) is 5. The van der Waals surface area contributed by atoms with Gasteiger partial charge < -0.3 is 44.5 Å². The molecule has 6 atom stereocenters. The minimum atomic E-state index is -1.68. The van der Waals surface area contributed by atoms with Crippen molar-refractivity contribution in [3.8, 4) is 5.75 Å². The van der Waals surface area contributed by atoms with Crippen LogP contribution in [0.4, 0.5) is 0 Å². The van der Waals surface area contributed by atoms with Gasteiger partial charge in [0.15, 0.2) is 12.1 Å². The number of ketones is 1. The zero-order valence-electron chi connectivity index (χ0n) is 18.1. The number of aliphatic hydroxyl groups is 5. The zero-order valence-corrected chi connectivity index (χ0v) is 18.1. The molecule has 0 amide bonds. The normalized spacial score (nSPS) is 26.1. The van der Waals surface area contributed by atoms with Gasteiger partial charge in [-0.2, -0.15) is 0 Å². The van der Waals surface area contributed by atoms with E-state index in [1.165, 1.54) is 0 Å². The minimum absolute atomic E-state index is 0.0520. The van der Waals surface area contributed by atoms with Crippen LogP contribution >= 0.6 is 0 Å². The first kappa shape index (κ1) is 26.7. The van der Waals surface area contributed by atoms with Crippen molar-refractivity contribution in [1.82, 2.24) is 0 Å². The van der Waals surface area contributed by atoms with Crippen LogP contribution in [-0.4, -0.2) is 93.9 Å². The number of hydrogen-bond acceptors (Lipinski definition) is 11. The second-order valence-electron chi connectivity index (χ2n) is 7.55. The highest BCUT2D eigenvalue weighted by Crippen LogP contribution is 2.20. The van der Waals surface area contributed by atoms with E-state index >= 15 is 0 Å². The van der Waals surface area contributed by atoms with Gasteiger partial charge in [0.1, 0.15) is 56.1 Å². The summed E-state index contributed by atoms with van der Waals surface area (Å²) >= 11 is 0. The number of carbonyl (C=O) groups is 2. The van der Waals surface area contributed by atoms with Crippen molar-refractivity contribution in [2.45, 2.75) is 56.6 Å². The van der Waals surface area contributed by atoms with Crippen LogP contribution in [0.25, 0.3) is 0 Å². The third kappa shape index (κ3) is 8.72. The molecule has 0 aromatic heterocycles. The summed E-state index contributed by atoms with van der Waals surface area (Å²) < 4.78 is 20.4. The van der Waals surface area contributed by atoms with Crippen LogP contribution in [0.1, 0.15) is 18.4 Å². The van der Waals surface area contributed by atoms with E-state index in [-0.39, 0.29) is 32.7 Å². The number of benzene rings is 1. The van der Waals surface area contributed by atoms with Crippen molar-refractivity contribution in [1.29, 1.82) is 0 Å². The maximum Gasteiger partial charge on any atom is 0.306 e. The summed E-state index contributed by atoms with van der Waals surface area (Å²) in [6, 6.07) is 7.29. The van der Waals surface area contributed by atoms with Crippen molar-refractivity contribution in [3.63, 3.8) is 0 Å². The Morgan fingerprint density at radius 2 is 1.79 bits per heavy atom. The van der Waals surface area contributed by atoms with Crippen molar-refractivity contribution >= 4 is 11.8 Å². The van der Waals surface area contributed by atoms with Gasteiger partial charge in [-0.1, -0.05) is 18.2 Å². The number of rotatable bonds is 12. The van der Waals surface area contributed by atoms with E-state index in [0.717, 1.165) is 17.9 Å². The monoisotopic (exact) mass is 470 g/mol. The third-order valence-corrected chi connectivity index (χ3v) is 4.83. The molecule has 1 heterocycles. The lowest BCUT2D eigenvalue weighted by molar-refractivity contribution is -0.286. The Balaban J connectivity index is 1.59. The highest BCUT2D eigenvalue weighted by Gasteiger charge is 2.43. The van der Waals surface area contributed by atoms with Gasteiger partial charge in [0.25, 0.3) is 0 Å². The van der Waals surface area contributed by atoms with Gasteiger partial charge in [-0.15, -0.1) is 0 Å². The van der Waals surface area contributed by atoms with Crippen LogP contribution in [0, 0.1) is 6.92 Å². The number of aliphatic hydroxyl groups excluding tert-OH is 5. The Bertz CT molecular complexity index is 796. The number of carbonyl (C=O) groups excluding carboxylic acids is 2. The van der Waals surface area contributed by atoms with Crippen LogP contribution < -0.4 is 4.74 Å². The predicted molar refractivity (Wildman–Crippen MR) is 112 cm³/mol. The molecule has 2 unspecified atom stereocenters. The topological polar surface area (TPSA) is 172 Å². The SMILES string of the molecule is Cc1ccccc1OCC(O)COC(=O)CCC(=O)/C=C/OC[C@H]1OC(O)[C@H](O)[C@@H](O)[C@@H]1O. The standard InChI is InChI=1S/C22H30O11/c1-13-4-2-3-5-16(13)31-10-15(24)11-32-18(25)7-6-14(23)8-9-30-12-17-19(26)20(27)21(28)22(29)33-17/h2-5,8-9,15,17,19-22,24,26-29H,6-7,10-12H2,1H3/b9-8+/t15?,17-,19-,20+,21-,22?/m1/s1. The molecular weight excluding hydrogens is 440 g/mol. The second kappa shape index (κ2) is 13.2. The Morgan fingerprint density at radius 1 is 1.06 bits per heavy atom. The molecule has 0 bridgehead atoms. The van der Waals surface area contributed by atoms with Crippen LogP contribution in [0.2, 0.25) is 0 Å². The molecule has 0 spiro atoms. The maximum atomic E-state index is 11.8. The molecule has 184 valence electrons. The number of ether oxygens (including phenoxy) is 4.